The summed E-state index contributed by atoms with van der Waals surface area (Å²) >= 11 is 11.8. The highest BCUT2D eigenvalue weighted by Crippen LogP contribution is 2.26. The molecule has 1 fully saturated rings. The summed E-state index contributed by atoms with van der Waals surface area (Å²) in [4.78, 5) is 12.5. The molecule has 6 heteroatoms. The first-order chi connectivity index (χ1) is 11.1. The minimum absolute atomic E-state index is 0.0115. The zero-order valence-electron chi connectivity index (χ0n) is 12.4. The van der Waals surface area contributed by atoms with E-state index in [4.69, 9.17) is 23.2 Å². The topological polar surface area (TPSA) is 53.2 Å². The summed E-state index contributed by atoms with van der Waals surface area (Å²) in [7, 11) is 0. The average Bonchev–Trinajstić information content (AvgIpc) is 3.04. The number of nitrogens with one attached hydrogen (secondary N) is 3. The largest absolute Gasteiger partial charge is 0.352 e. The van der Waals surface area contributed by atoms with Gasteiger partial charge in [0.1, 0.15) is 0 Å². The summed E-state index contributed by atoms with van der Waals surface area (Å²) in [5.41, 5.74) is 8.27. The lowest BCUT2D eigenvalue weighted by atomic mass is 9.94. The van der Waals surface area contributed by atoms with Gasteiger partial charge in [-0.25, -0.2) is 5.43 Å². The normalized spacial score (nSPS) is 20.4. The second kappa shape index (κ2) is 7.32. The molecule has 1 saturated heterocycles. The van der Waals surface area contributed by atoms with Crippen molar-refractivity contribution in [2.24, 2.45) is 5.92 Å². The van der Waals surface area contributed by atoms with Crippen LogP contribution in [0.1, 0.15) is 17.2 Å². The Bertz CT molecular complexity index is 673. The highest BCUT2D eigenvalue weighted by molar-refractivity contribution is 6.30. The molecular formula is C17H17Cl2N3O. The van der Waals surface area contributed by atoms with E-state index in [0.29, 0.717) is 23.1 Å². The quantitative estimate of drug-likeness (QED) is 0.794. The number of amides is 1. The molecule has 1 aliphatic rings. The number of rotatable bonds is 4. The zero-order valence-corrected chi connectivity index (χ0v) is 13.9. The Morgan fingerprint density at radius 2 is 1.65 bits per heavy atom. The van der Waals surface area contributed by atoms with E-state index in [1.54, 1.807) is 0 Å². The van der Waals surface area contributed by atoms with Crippen LogP contribution in [0.3, 0.4) is 0 Å². The Morgan fingerprint density at radius 3 is 2.30 bits per heavy atom. The maximum atomic E-state index is 12.5. The third kappa shape index (κ3) is 4.03. The van der Waals surface area contributed by atoms with Crippen LogP contribution in [-0.4, -0.2) is 12.5 Å². The monoisotopic (exact) mass is 349 g/mol. The van der Waals surface area contributed by atoms with E-state index < -0.39 is 0 Å². The highest BCUT2D eigenvalue weighted by Gasteiger charge is 2.33. The van der Waals surface area contributed by atoms with Crippen molar-refractivity contribution in [3.05, 3.63) is 69.7 Å². The molecule has 1 amide bonds. The first kappa shape index (κ1) is 16.3. The lowest BCUT2D eigenvalue weighted by molar-refractivity contribution is -0.125. The summed E-state index contributed by atoms with van der Waals surface area (Å²) in [6, 6.07) is 14.9. The van der Waals surface area contributed by atoms with Gasteiger partial charge in [-0.1, -0.05) is 47.5 Å². The third-order valence-corrected chi connectivity index (χ3v) is 4.43. The van der Waals surface area contributed by atoms with Crippen LogP contribution >= 0.6 is 23.2 Å². The Balaban J connectivity index is 1.63. The van der Waals surface area contributed by atoms with Crippen molar-refractivity contribution < 1.29 is 4.79 Å². The fourth-order valence-corrected chi connectivity index (χ4v) is 2.90. The van der Waals surface area contributed by atoms with Crippen LogP contribution < -0.4 is 16.2 Å². The lowest BCUT2D eigenvalue weighted by Crippen LogP contribution is -2.34. The van der Waals surface area contributed by atoms with Gasteiger partial charge in [-0.15, -0.1) is 0 Å². The van der Waals surface area contributed by atoms with Crippen molar-refractivity contribution in [1.82, 2.24) is 16.2 Å². The molecule has 0 radical (unpaired) electrons. The molecule has 1 heterocycles. The number of hydrazine groups is 1. The molecule has 2 unspecified atom stereocenters. The van der Waals surface area contributed by atoms with Gasteiger partial charge in [-0.05, 0) is 35.4 Å². The van der Waals surface area contributed by atoms with E-state index in [1.165, 1.54) is 0 Å². The van der Waals surface area contributed by atoms with E-state index in [1.807, 2.05) is 48.5 Å². The third-order valence-electron chi connectivity index (χ3n) is 3.93. The molecular weight excluding hydrogens is 333 g/mol. The molecule has 2 atom stereocenters. The van der Waals surface area contributed by atoms with Crippen molar-refractivity contribution in [2.75, 3.05) is 6.54 Å². The molecule has 0 bridgehead atoms. The summed E-state index contributed by atoms with van der Waals surface area (Å²) in [5, 5.41) is 4.35. The molecule has 3 rings (SSSR count). The molecule has 3 N–H and O–H groups in total. The predicted octanol–water partition coefficient (Wildman–Crippen LogP) is 3.07. The smallest absolute Gasteiger partial charge is 0.226 e. The first-order valence-electron chi connectivity index (χ1n) is 7.39. The molecule has 0 aliphatic carbocycles. The van der Waals surface area contributed by atoms with Crippen molar-refractivity contribution in [2.45, 2.75) is 12.6 Å². The fraction of sp³-hybridized carbons (Fsp3) is 0.235. The van der Waals surface area contributed by atoms with Crippen LogP contribution in [0.25, 0.3) is 0 Å². The predicted molar refractivity (Wildman–Crippen MR) is 92.1 cm³/mol. The van der Waals surface area contributed by atoms with Gasteiger partial charge in [-0.2, -0.15) is 0 Å². The van der Waals surface area contributed by atoms with E-state index in [2.05, 4.69) is 16.2 Å². The Labute approximate surface area is 145 Å². The van der Waals surface area contributed by atoms with E-state index >= 15 is 0 Å². The van der Waals surface area contributed by atoms with Crippen LogP contribution in [0.5, 0.6) is 0 Å². The molecule has 23 heavy (non-hydrogen) atoms. The Kier molecular flexibility index (Phi) is 5.18. The Hall–Kier alpha value is -1.59. The molecule has 2 aromatic rings. The average molecular weight is 350 g/mol. The Morgan fingerprint density at radius 1 is 1.04 bits per heavy atom. The maximum absolute atomic E-state index is 12.5. The van der Waals surface area contributed by atoms with Gasteiger partial charge >= 0.3 is 0 Å². The number of carbonyl (C=O) groups is 1. The van der Waals surface area contributed by atoms with E-state index in [0.717, 1.165) is 11.1 Å². The summed E-state index contributed by atoms with van der Waals surface area (Å²) < 4.78 is 0. The van der Waals surface area contributed by atoms with Crippen molar-refractivity contribution in [3.63, 3.8) is 0 Å². The number of hydrogen-bond acceptors (Lipinski definition) is 3. The minimum Gasteiger partial charge on any atom is -0.352 e. The van der Waals surface area contributed by atoms with Gasteiger partial charge in [0.15, 0.2) is 0 Å². The molecule has 0 saturated carbocycles. The van der Waals surface area contributed by atoms with Crippen molar-refractivity contribution in [3.8, 4) is 0 Å². The summed E-state index contributed by atoms with van der Waals surface area (Å²) in [5.74, 6) is -0.166. The van der Waals surface area contributed by atoms with Gasteiger partial charge in [0.25, 0.3) is 0 Å². The highest BCUT2D eigenvalue weighted by atomic mass is 35.5. The fourth-order valence-electron chi connectivity index (χ4n) is 2.65. The first-order valence-corrected chi connectivity index (χ1v) is 8.15. The van der Waals surface area contributed by atoms with Crippen LogP contribution in [0.4, 0.5) is 0 Å². The van der Waals surface area contributed by atoms with Crippen LogP contribution in [0, 0.1) is 5.92 Å². The van der Waals surface area contributed by atoms with Gasteiger partial charge in [0.2, 0.25) is 5.91 Å². The number of carbonyl (C=O) groups excluding carboxylic acids is 1. The summed E-state index contributed by atoms with van der Waals surface area (Å²) in [6.07, 6.45) is 0. The number of benzene rings is 2. The van der Waals surface area contributed by atoms with Gasteiger partial charge in [-0.3, -0.25) is 10.2 Å². The zero-order chi connectivity index (χ0) is 16.2. The second-order valence-electron chi connectivity index (χ2n) is 5.51. The number of halogens is 2. The van der Waals surface area contributed by atoms with Gasteiger partial charge in [0.05, 0.1) is 12.0 Å². The lowest BCUT2D eigenvalue weighted by Gasteiger charge is -2.18. The van der Waals surface area contributed by atoms with Crippen molar-refractivity contribution >= 4 is 29.1 Å². The molecule has 0 aromatic heterocycles. The minimum atomic E-state index is -0.177. The van der Waals surface area contributed by atoms with Gasteiger partial charge < -0.3 is 5.32 Å². The molecule has 2 aromatic carbocycles. The van der Waals surface area contributed by atoms with Crippen LogP contribution in [0.2, 0.25) is 10.0 Å². The molecule has 0 spiro atoms. The maximum Gasteiger partial charge on any atom is 0.226 e. The van der Waals surface area contributed by atoms with E-state index in [9.17, 15) is 4.79 Å². The molecule has 1 aliphatic heterocycles. The SMILES string of the molecule is O=C(NCc1ccc(Cl)cc1)C1CNNC1c1ccc(Cl)cc1. The van der Waals surface area contributed by atoms with E-state index in [-0.39, 0.29) is 17.9 Å². The standard InChI is InChI=1S/C17H17Cl2N3O/c18-13-5-1-11(2-6-13)9-20-17(23)15-10-21-22-16(15)12-3-7-14(19)8-4-12/h1-8,15-16,21-22H,9-10H2,(H,20,23). The number of hydrogen-bond donors (Lipinski definition) is 3. The molecule has 4 nitrogen and oxygen atoms in total. The molecule has 120 valence electrons. The van der Waals surface area contributed by atoms with Crippen molar-refractivity contribution in [1.29, 1.82) is 0 Å². The second-order valence-corrected chi connectivity index (χ2v) is 6.38. The van der Waals surface area contributed by atoms with Crippen LogP contribution in [0.15, 0.2) is 48.5 Å². The summed E-state index contributed by atoms with van der Waals surface area (Å²) in [6.45, 7) is 1.07. The van der Waals surface area contributed by atoms with Gasteiger partial charge in [0, 0.05) is 23.1 Å². The van der Waals surface area contributed by atoms with Crippen LogP contribution in [-0.2, 0) is 11.3 Å².